The van der Waals surface area contributed by atoms with E-state index in [0.29, 0.717) is 5.69 Å². The van der Waals surface area contributed by atoms with Gasteiger partial charge >= 0.3 is 0 Å². The molecule has 0 fully saturated rings. The van der Waals surface area contributed by atoms with E-state index in [4.69, 9.17) is 0 Å². The molecule has 5 nitrogen and oxygen atoms in total. The topological polar surface area (TPSA) is 51.0 Å². The molecule has 2 aromatic rings. The molecule has 18 heavy (non-hydrogen) atoms. The van der Waals surface area contributed by atoms with Gasteiger partial charge in [-0.3, -0.25) is 4.79 Å². The molecular formula is C13H16N4O. The van der Waals surface area contributed by atoms with E-state index in [-0.39, 0.29) is 5.91 Å². The van der Waals surface area contributed by atoms with Gasteiger partial charge in [0.2, 0.25) is 0 Å². The number of amides is 1. The maximum absolute atomic E-state index is 11.9. The van der Waals surface area contributed by atoms with Gasteiger partial charge in [0.25, 0.3) is 5.91 Å². The van der Waals surface area contributed by atoms with Crippen molar-refractivity contribution in [3.8, 4) is 5.69 Å². The Hall–Kier alpha value is -2.17. The Morgan fingerprint density at radius 3 is 2.33 bits per heavy atom. The van der Waals surface area contributed by atoms with Crippen molar-refractivity contribution < 1.29 is 4.79 Å². The van der Waals surface area contributed by atoms with Crippen molar-refractivity contribution in [1.82, 2.24) is 19.9 Å². The van der Waals surface area contributed by atoms with Crippen LogP contribution in [0.4, 0.5) is 0 Å². The van der Waals surface area contributed by atoms with Crippen molar-refractivity contribution >= 4 is 5.91 Å². The van der Waals surface area contributed by atoms with Crippen LogP contribution in [0.5, 0.6) is 0 Å². The molecule has 1 aromatic carbocycles. The predicted octanol–water partition coefficient (Wildman–Crippen LogP) is 1.59. The fourth-order valence-electron chi connectivity index (χ4n) is 1.67. The third-order valence-corrected chi connectivity index (χ3v) is 2.78. The van der Waals surface area contributed by atoms with Gasteiger partial charge < -0.3 is 4.90 Å². The molecule has 0 atom stereocenters. The number of nitrogens with zero attached hydrogens (tertiary/aromatic N) is 4. The normalized spacial score (nSPS) is 10.4. The maximum Gasteiger partial charge on any atom is 0.275 e. The number of rotatable bonds is 2. The van der Waals surface area contributed by atoms with E-state index < -0.39 is 0 Å². The Balaban J connectivity index is 2.42. The van der Waals surface area contributed by atoms with Crippen LogP contribution in [0.1, 0.15) is 21.7 Å². The Bertz CT molecular complexity index is 569. The monoisotopic (exact) mass is 244 g/mol. The van der Waals surface area contributed by atoms with E-state index in [9.17, 15) is 4.79 Å². The highest BCUT2D eigenvalue weighted by molar-refractivity contribution is 5.92. The zero-order valence-electron chi connectivity index (χ0n) is 11.0. The summed E-state index contributed by atoms with van der Waals surface area (Å²) in [5.74, 6) is -0.133. The lowest BCUT2D eigenvalue weighted by Crippen LogP contribution is -2.23. The van der Waals surface area contributed by atoms with Crippen LogP contribution in [0.3, 0.4) is 0 Å². The molecule has 0 N–H and O–H groups in total. The molecule has 0 radical (unpaired) electrons. The first-order chi connectivity index (χ1) is 8.50. The zero-order valence-corrected chi connectivity index (χ0v) is 11.0. The number of aryl methyl sites for hydroxylation is 1. The first-order valence-corrected chi connectivity index (χ1v) is 5.71. The summed E-state index contributed by atoms with van der Waals surface area (Å²) in [6.45, 7) is 3.87. The quantitative estimate of drug-likeness (QED) is 0.806. The van der Waals surface area contributed by atoms with Crippen LogP contribution in [-0.4, -0.2) is 39.9 Å². The van der Waals surface area contributed by atoms with Crippen LogP contribution in [0.25, 0.3) is 5.69 Å². The largest absolute Gasteiger partial charge is 0.343 e. The second-order valence-electron chi connectivity index (χ2n) is 4.47. The van der Waals surface area contributed by atoms with Crippen molar-refractivity contribution in [1.29, 1.82) is 0 Å². The van der Waals surface area contributed by atoms with Gasteiger partial charge in [-0.25, -0.2) is 4.68 Å². The molecule has 0 saturated heterocycles. The first kappa shape index (κ1) is 12.3. The van der Waals surface area contributed by atoms with Gasteiger partial charge in [-0.2, -0.15) is 0 Å². The van der Waals surface area contributed by atoms with E-state index in [1.165, 1.54) is 10.5 Å². The smallest absolute Gasteiger partial charge is 0.275 e. The molecule has 0 aliphatic carbocycles. The highest BCUT2D eigenvalue weighted by Gasteiger charge is 2.18. The molecular weight excluding hydrogens is 228 g/mol. The molecule has 0 aliphatic rings. The molecule has 1 aromatic heterocycles. The van der Waals surface area contributed by atoms with Gasteiger partial charge in [0, 0.05) is 14.1 Å². The molecule has 0 unspecified atom stereocenters. The summed E-state index contributed by atoms with van der Waals surface area (Å²) in [5, 5.41) is 8.00. The van der Waals surface area contributed by atoms with Crippen molar-refractivity contribution in [2.45, 2.75) is 13.8 Å². The summed E-state index contributed by atoms with van der Waals surface area (Å²) < 4.78 is 1.68. The number of hydrogen-bond donors (Lipinski definition) is 0. The highest BCUT2D eigenvalue weighted by Crippen LogP contribution is 2.13. The standard InChI is InChI=1S/C13H16N4O/c1-9-5-7-11(8-6-9)17-10(2)12(14-15-17)13(18)16(3)4/h5-8H,1-4H3. The van der Waals surface area contributed by atoms with Crippen molar-refractivity contribution in [3.05, 3.63) is 41.2 Å². The molecule has 5 heteroatoms. The minimum Gasteiger partial charge on any atom is -0.343 e. The van der Waals surface area contributed by atoms with Crippen LogP contribution < -0.4 is 0 Å². The molecule has 94 valence electrons. The lowest BCUT2D eigenvalue weighted by Gasteiger charge is -2.08. The van der Waals surface area contributed by atoms with E-state index >= 15 is 0 Å². The summed E-state index contributed by atoms with van der Waals surface area (Å²) in [6.07, 6.45) is 0. The Morgan fingerprint density at radius 2 is 1.78 bits per heavy atom. The first-order valence-electron chi connectivity index (χ1n) is 5.71. The fraction of sp³-hybridized carbons (Fsp3) is 0.308. The minimum atomic E-state index is -0.133. The zero-order chi connectivity index (χ0) is 13.3. The van der Waals surface area contributed by atoms with Gasteiger partial charge in [-0.05, 0) is 26.0 Å². The van der Waals surface area contributed by atoms with Crippen molar-refractivity contribution in [2.75, 3.05) is 14.1 Å². The predicted molar refractivity (Wildman–Crippen MR) is 68.9 cm³/mol. The SMILES string of the molecule is Cc1ccc(-n2nnc(C(=O)N(C)C)c2C)cc1. The summed E-state index contributed by atoms with van der Waals surface area (Å²) >= 11 is 0. The molecule has 1 amide bonds. The van der Waals surface area contributed by atoms with Gasteiger partial charge in [-0.15, -0.1) is 5.10 Å². The second kappa shape index (κ2) is 4.60. The Morgan fingerprint density at radius 1 is 1.17 bits per heavy atom. The van der Waals surface area contributed by atoms with Crippen molar-refractivity contribution in [2.24, 2.45) is 0 Å². The van der Waals surface area contributed by atoms with Crippen LogP contribution in [0, 0.1) is 13.8 Å². The van der Waals surface area contributed by atoms with E-state index in [1.54, 1.807) is 18.8 Å². The molecule has 0 saturated carbocycles. The van der Waals surface area contributed by atoms with Gasteiger partial charge in [-0.1, -0.05) is 22.9 Å². The molecule has 2 rings (SSSR count). The van der Waals surface area contributed by atoms with Gasteiger partial charge in [0.1, 0.15) is 0 Å². The lowest BCUT2D eigenvalue weighted by molar-refractivity contribution is 0.0821. The van der Waals surface area contributed by atoms with Crippen LogP contribution in [-0.2, 0) is 0 Å². The lowest BCUT2D eigenvalue weighted by atomic mass is 10.2. The summed E-state index contributed by atoms with van der Waals surface area (Å²) in [5.41, 5.74) is 3.22. The Kier molecular flexibility index (Phi) is 3.14. The third-order valence-electron chi connectivity index (χ3n) is 2.78. The number of benzene rings is 1. The van der Waals surface area contributed by atoms with E-state index in [1.807, 2.05) is 38.1 Å². The van der Waals surface area contributed by atoms with Gasteiger partial charge in [0.15, 0.2) is 5.69 Å². The average molecular weight is 244 g/mol. The third kappa shape index (κ3) is 2.11. The van der Waals surface area contributed by atoms with E-state index in [0.717, 1.165) is 11.4 Å². The van der Waals surface area contributed by atoms with Gasteiger partial charge in [0.05, 0.1) is 11.4 Å². The summed E-state index contributed by atoms with van der Waals surface area (Å²) in [7, 11) is 3.40. The highest BCUT2D eigenvalue weighted by atomic mass is 16.2. The Labute approximate surface area is 106 Å². The number of aromatic nitrogens is 3. The molecule has 0 spiro atoms. The van der Waals surface area contributed by atoms with Crippen LogP contribution >= 0.6 is 0 Å². The van der Waals surface area contributed by atoms with E-state index in [2.05, 4.69) is 10.3 Å². The minimum absolute atomic E-state index is 0.133. The maximum atomic E-state index is 11.9. The summed E-state index contributed by atoms with van der Waals surface area (Å²) in [6, 6.07) is 7.93. The second-order valence-corrected chi connectivity index (χ2v) is 4.47. The van der Waals surface area contributed by atoms with Crippen molar-refractivity contribution in [3.63, 3.8) is 0 Å². The fourth-order valence-corrected chi connectivity index (χ4v) is 1.67. The average Bonchev–Trinajstić information content (AvgIpc) is 2.71. The number of hydrogen-bond acceptors (Lipinski definition) is 3. The number of carbonyl (C=O) groups is 1. The van der Waals surface area contributed by atoms with Crippen LogP contribution in [0.15, 0.2) is 24.3 Å². The molecule has 0 aliphatic heterocycles. The summed E-state index contributed by atoms with van der Waals surface area (Å²) in [4.78, 5) is 13.4. The number of carbonyl (C=O) groups excluding carboxylic acids is 1. The molecule has 1 heterocycles. The van der Waals surface area contributed by atoms with Crippen LogP contribution in [0.2, 0.25) is 0 Å². The molecule has 0 bridgehead atoms.